The van der Waals surface area contributed by atoms with Crippen LogP contribution in [0.4, 0.5) is 10.1 Å². The minimum atomic E-state index is -0.807. The number of nitrogens with zero attached hydrogens (tertiary/aromatic N) is 2. The zero-order valence-electron chi connectivity index (χ0n) is 15.6. The molecule has 3 aromatic rings. The first-order valence-electron chi connectivity index (χ1n) is 8.58. The minimum Gasteiger partial charge on any atom is -0.318 e. The van der Waals surface area contributed by atoms with Gasteiger partial charge < -0.3 is 4.57 Å². The highest BCUT2D eigenvalue weighted by molar-refractivity contribution is 6.01. The number of nitrogens with one attached hydrogen (secondary N) is 2. The summed E-state index contributed by atoms with van der Waals surface area (Å²) in [4.78, 5) is 35.1. The molecule has 8 nitrogen and oxygen atoms in total. The van der Waals surface area contributed by atoms with Crippen LogP contribution in [0.2, 0.25) is 0 Å². The third kappa shape index (κ3) is 3.98. The molecule has 2 amide bonds. The molecule has 2 aromatic carbocycles. The summed E-state index contributed by atoms with van der Waals surface area (Å²) in [6.07, 6.45) is 0. The van der Waals surface area contributed by atoms with Gasteiger partial charge in [-0.05, 0) is 50.2 Å². The van der Waals surface area contributed by atoms with Crippen molar-refractivity contribution in [3.63, 3.8) is 0 Å². The van der Waals surface area contributed by atoms with Crippen LogP contribution < -0.4 is 10.9 Å². The Balaban J connectivity index is 1.79. The third-order valence-corrected chi connectivity index (χ3v) is 4.40. The molecule has 2 N–H and O–H groups in total. The monoisotopic (exact) mass is 396 g/mol. The summed E-state index contributed by atoms with van der Waals surface area (Å²) < 4.78 is 15.0. The molecule has 0 unspecified atom stereocenters. The average Bonchev–Trinajstić information content (AvgIpc) is 3.00. The zero-order chi connectivity index (χ0) is 21.1. The van der Waals surface area contributed by atoms with Gasteiger partial charge in [-0.2, -0.15) is 0 Å². The van der Waals surface area contributed by atoms with E-state index in [2.05, 4.69) is 10.9 Å². The average molecular weight is 396 g/mol. The Kier molecular flexibility index (Phi) is 5.40. The summed E-state index contributed by atoms with van der Waals surface area (Å²) in [7, 11) is 0. The number of hydrogen-bond acceptors (Lipinski definition) is 4. The normalized spacial score (nSPS) is 10.4. The molecule has 0 bridgehead atoms. The van der Waals surface area contributed by atoms with E-state index in [-0.39, 0.29) is 17.1 Å². The summed E-state index contributed by atoms with van der Waals surface area (Å²) in [6.45, 7) is 3.51. The number of para-hydroxylation sites is 1. The van der Waals surface area contributed by atoms with Crippen molar-refractivity contribution in [2.45, 2.75) is 13.8 Å². The molecule has 0 aliphatic rings. The van der Waals surface area contributed by atoms with Gasteiger partial charge in [0.15, 0.2) is 0 Å². The van der Waals surface area contributed by atoms with Crippen LogP contribution >= 0.6 is 0 Å². The van der Waals surface area contributed by atoms with Crippen molar-refractivity contribution in [2.75, 3.05) is 0 Å². The predicted molar refractivity (Wildman–Crippen MR) is 103 cm³/mol. The van der Waals surface area contributed by atoms with Gasteiger partial charge >= 0.3 is 0 Å². The van der Waals surface area contributed by atoms with Gasteiger partial charge in [0.05, 0.1) is 10.5 Å². The first kappa shape index (κ1) is 19.7. The number of benzene rings is 2. The van der Waals surface area contributed by atoms with Gasteiger partial charge in [0.25, 0.3) is 17.5 Å². The first-order valence-corrected chi connectivity index (χ1v) is 8.58. The molecular weight excluding hydrogens is 379 g/mol. The molecule has 0 atom stereocenters. The lowest BCUT2D eigenvalue weighted by molar-refractivity contribution is -0.385. The van der Waals surface area contributed by atoms with Gasteiger partial charge in [-0.15, -0.1) is 0 Å². The predicted octanol–water partition coefficient (Wildman–Crippen LogP) is 3.22. The lowest BCUT2D eigenvalue weighted by Gasteiger charge is -2.10. The number of halogens is 1. The van der Waals surface area contributed by atoms with Crippen molar-refractivity contribution in [1.82, 2.24) is 15.4 Å². The summed E-state index contributed by atoms with van der Waals surface area (Å²) >= 11 is 0. The molecule has 0 fully saturated rings. The smallest absolute Gasteiger partial charge is 0.282 e. The van der Waals surface area contributed by atoms with E-state index < -0.39 is 16.7 Å². The van der Waals surface area contributed by atoms with E-state index in [1.165, 1.54) is 36.4 Å². The number of hydrogen-bond donors (Lipinski definition) is 2. The summed E-state index contributed by atoms with van der Waals surface area (Å²) in [5, 5.41) is 11.0. The number of carbonyl (C=O) groups excluding carboxylic acids is 2. The molecule has 0 aliphatic carbocycles. The van der Waals surface area contributed by atoms with Crippen LogP contribution in [0.3, 0.4) is 0 Å². The summed E-state index contributed by atoms with van der Waals surface area (Å²) in [5.74, 6) is -1.76. The van der Waals surface area contributed by atoms with Crippen molar-refractivity contribution < 1.29 is 18.9 Å². The number of rotatable bonds is 4. The van der Waals surface area contributed by atoms with Crippen LogP contribution in [0.15, 0.2) is 54.6 Å². The Hall–Kier alpha value is -4.01. The van der Waals surface area contributed by atoms with Gasteiger partial charge in [-0.1, -0.05) is 12.1 Å². The fourth-order valence-corrected chi connectivity index (χ4v) is 3.05. The van der Waals surface area contributed by atoms with E-state index in [1.807, 2.05) is 0 Å². The molecule has 0 radical (unpaired) electrons. The molecule has 0 aliphatic heterocycles. The molecular formula is C20H17FN4O4. The second-order valence-electron chi connectivity index (χ2n) is 6.28. The quantitative estimate of drug-likeness (QED) is 0.522. The van der Waals surface area contributed by atoms with Crippen molar-refractivity contribution in [3.05, 3.63) is 93.0 Å². The van der Waals surface area contributed by atoms with Crippen LogP contribution in [0.1, 0.15) is 32.1 Å². The highest BCUT2D eigenvalue weighted by Crippen LogP contribution is 2.21. The van der Waals surface area contributed by atoms with Gasteiger partial charge in [0.1, 0.15) is 11.4 Å². The van der Waals surface area contributed by atoms with Gasteiger partial charge in [0, 0.05) is 23.1 Å². The number of aryl methyl sites for hydroxylation is 1. The molecule has 1 aromatic heterocycles. The molecule has 148 valence electrons. The van der Waals surface area contributed by atoms with Crippen LogP contribution in [0, 0.1) is 29.8 Å². The first-order chi connectivity index (χ1) is 13.8. The van der Waals surface area contributed by atoms with Gasteiger partial charge in [-0.25, -0.2) is 4.39 Å². The number of amides is 2. The lowest BCUT2D eigenvalue weighted by Crippen LogP contribution is -2.42. The zero-order valence-corrected chi connectivity index (χ0v) is 15.6. The maximum absolute atomic E-state index is 13.2. The second kappa shape index (κ2) is 7.93. The van der Waals surface area contributed by atoms with Crippen molar-refractivity contribution >= 4 is 17.5 Å². The van der Waals surface area contributed by atoms with Crippen LogP contribution in [0.25, 0.3) is 5.69 Å². The second-order valence-corrected chi connectivity index (χ2v) is 6.28. The Labute approximate surface area is 165 Å². The number of nitro groups is 1. The highest BCUT2D eigenvalue weighted by atomic mass is 19.1. The molecule has 0 saturated heterocycles. The van der Waals surface area contributed by atoms with Crippen molar-refractivity contribution in [2.24, 2.45) is 0 Å². The van der Waals surface area contributed by atoms with Gasteiger partial charge in [-0.3, -0.25) is 30.6 Å². The van der Waals surface area contributed by atoms with E-state index in [0.717, 1.165) is 5.69 Å². The molecule has 3 rings (SSSR count). The maximum Gasteiger partial charge on any atom is 0.282 e. The minimum absolute atomic E-state index is 0.172. The molecule has 1 heterocycles. The molecule has 9 heteroatoms. The van der Waals surface area contributed by atoms with Crippen LogP contribution in [0.5, 0.6) is 0 Å². The largest absolute Gasteiger partial charge is 0.318 e. The molecule has 0 saturated carbocycles. The third-order valence-electron chi connectivity index (χ3n) is 4.40. The Morgan fingerprint density at radius 1 is 0.966 bits per heavy atom. The fraction of sp³-hybridized carbons (Fsp3) is 0.100. The SMILES string of the molecule is Cc1cc(C(=O)NNC(=O)c2ccccc2[N+](=O)[O-])c(C)n1-c1ccc(F)cc1. The molecule has 0 spiro atoms. The fourth-order valence-electron chi connectivity index (χ4n) is 3.05. The number of carbonyl (C=O) groups is 2. The van der Waals surface area contributed by atoms with E-state index >= 15 is 0 Å². The van der Waals surface area contributed by atoms with E-state index in [1.54, 1.807) is 36.6 Å². The van der Waals surface area contributed by atoms with E-state index in [9.17, 15) is 24.1 Å². The Bertz CT molecular complexity index is 1110. The van der Waals surface area contributed by atoms with Crippen molar-refractivity contribution in [1.29, 1.82) is 0 Å². The van der Waals surface area contributed by atoms with Crippen LogP contribution in [-0.4, -0.2) is 21.3 Å². The number of hydrazine groups is 1. The Morgan fingerprint density at radius 2 is 1.55 bits per heavy atom. The topological polar surface area (TPSA) is 106 Å². The van der Waals surface area contributed by atoms with E-state index in [0.29, 0.717) is 16.9 Å². The Morgan fingerprint density at radius 3 is 2.17 bits per heavy atom. The van der Waals surface area contributed by atoms with Crippen molar-refractivity contribution in [3.8, 4) is 5.69 Å². The van der Waals surface area contributed by atoms with E-state index in [4.69, 9.17) is 0 Å². The number of nitro benzene ring substituents is 1. The maximum atomic E-state index is 13.2. The molecule has 29 heavy (non-hydrogen) atoms. The standard InChI is InChI=1S/C20H17FN4O4/c1-12-11-17(13(2)24(12)15-9-7-14(21)8-10-15)20(27)23-22-19(26)16-5-3-4-6-18(16)25(28)29/h3-11H,1-2H3,(H,22,26)(H,23,27). The highest BCUT2D eigenvalue weighted by Gasteiger charge is 2.21. The lowest BCUT2D eigenvalue weighted by atomic mass is 10.2. The summed E-state index contributed by atoms with van der Waals surface area (Å²) in [6, 6.07) is 12.9. The van der Waals surface area contributed by atoms with Crippen LogP contribution in [-0.2, 0) is 0 Å². The summed E-state index contributed by atoms with van der Waals surface area (Å²) in [5.41, 5.74) is 6.24. The number of aromatic nitrogens is 1. The van der Waals surface area contributed by atoms with Gasteiger partial charge in [0.2, 0.25) is 0 Å².